The maximum Gasteiger partial charge on any atom is 0.326 e. The number of non-ortho nitro benzene ring substituents is 1. The van der Waals surface area contributed by atoms with Gasteiger partial charge in [-0.3, -0.25) is 19.7 Å². The van der Waals surface area contributed by atoms with Crippen LogP contribution in [0.1, 0.15) is 16.6 Å². The Morgan fingerprint density at radius 3 is 2.66 bits per heavy atom. The number of nitrogens with zero attached hydrogens (tertiary/aromatic N) is 3. The quantitative estimate of drug-likeness (QED) is 0.237. The third-order valence-electron chi connectivity index (χ3n) is 4.60. The normalized spacial score (nSPS) is 11.8. The van der Waals surface area contributed by atoms with Gasteiger partial charge in [-0.15, -0.1) is 11.3 Å². The average molecular weight is 472 g/mol. The zero-order valence-corrected chi connectivity index (χ0v) is 18.7. The van der Waals surface area contributed by atoms with Crippen molar-refractivity contribution < 1.29 is 24.0 Å². The second kappa shape index (κ2) is 8.89. The summed E-state index contributed by atoms with van der Waals surface area (Å²) in [4.78, 5) is 40.5. The van der Waals surface area contributed by atoms with Gasteiger partial charge in [-0.25, -0.2) is 0 Å². The number of hydrogen-bond donors (Lipinski definition) is 0. The lowest BCUT2D eigenvalue weighted by atomic mass is 10.2. The minimum absolute atomic E-state index is 0.0445. The number of thiophene rings is 1. The van der Waals surface area contributed by atoms with Crippen LogP contribution in [0, 0.1) is 10.1 Å². The molecular weight excluding hydrogens is 454 g/mol. The number of carbonyl (C=O) groups is 2. The van der Waals surface area contributed by atoms with Gasteiger partial charge in [-0.1, -0.05) is 11.3 Å². The molecule has 1 amide bonds. The molecule has 0 aliphatic heterocycles. The second-order valence-electron chi connectivity index (χ2n) is 6.62. The van der Waals surface area contributed by atoms with Crippen molar-refractivity contribution in [3.05, 3.63) is 62.3 Å². The summed E-state index contributed by atoms with van der Waals surface area (Å²) in [5, 5.41) is 11.6. The second-order valence-corrected chi connectivity index (χ2v) is 8.71. The van der Waals surface area contributed by atoms with Crippen LogP contribution in [-0.4, -0.2) is 35.1 Å². The maximum absolute atomic E-state index is 12.9. The van der Waals surface area contributed by atoms with Crippen LogP contribution in [0.2, 0.25) is 0 Å². The number of methoxy groups -OCH3 is 1. The molecule has 2 aromatic carbocycles. The molecule has 0 fully saturated rings. The van der Waals surface area contributed by atoms with E-state index >= 15 is 0 Å². The molecule has 0 N–H and O–H groups in total. The Bertz CT molecular complexity index is 1430. The summed E-state index contributed by atoms with van der Waals surface area (Å²) in [6.07, 6.45) is 0. The van der Waals surface area contributed by atoms with Gasteiger partial charge < -0.3 is 14.0 Å². The lowest BCUT2D eigenvalue weighted by Crippen LogP contribution is -2.23. The minimum Gasteiger partial charge on any atom is -0.497 e. The maximum atomic E-state index is 12.9. The average Bonchev–Trinajstić information content (AvgIpc) is 3.34. The molecule has 0 atom stereocenters. The summed E-state index contributed by atoms with van der Waals surface area (Å²) >= 11 is 2.46. The first kappa shape index (κ1) is 21.7. The largest absolute Gasteiger partial charge is 0.497 e. The topological polar surface area (TPSA) is 113 Å². The van der Waals surface area contributed by atoms with Crippen molar-refractivity contribution >= 4 is 60.5 Å². The molecule has 2 aromatic heterocycles. The molecule has 0 radical (unpaired) electrons. The van der Waals surface area contributed by atoms with Gasteiger partial charge >= 0.3 is 5.97 Å². The molecule has 0 spiro atoms. The van der Waals surface area contributed by atoms with Crippen molar-refractivity contribution in [2.45, 2.75) is 13.5 Å². The van der Waals surface area contributed by atoms with Crippen molar-refractivity contribution in [1.82, 2.24) is 4.57 Å². The predicted octanol–water partition coefficient (Wildman–Crippen LogP) is 4.14. The van der Waals surface area contributed by atoms with Crippen LogP contribution < -0.4 is 9.54 Å². The van der Waals surface area contributed by atoms with Crippen LogP contribution in [-0.2, 0) is 16.1 Å². The Morgan fingerprint density at radius 2 is 1.94 bits per heavy atom. The Labute approximate surface area is 189 Å². The number of hydrogen-bond acceptors (Lipinski definition) is 8. The highest BCUT2D eigenvalue weighted by atomic mass is 32.1. The van der Waals surface area contributed by atoms with Gasteiger partial charge in [0.2, 0.25) is 0 Å². The van der Waals surface area contributed by atoms with Crippen molar-refractivity contribution in [2.75, 3.05) is 13.7 Å². The predicted molar refractivity (Wildman–Crippen MR) is 121 cm³/mol. The summed E-state index contributed by atoms with van der Waals surface area (Å²) < 4.78 is 13.5. The van der Waals surface area contributed by atoms with Crippen molar-refractivity contribution in [1.29, 1.82) is 0 Å². The molecule has 0 aliphatic carbocycles. The number of rotatable bonds is 6. The Kier molecular flexibility index (Phi) is 6.01. The van der Waals surface area contributed by atoms with Crippen molar-refractivity contribution in [3.63, 3.8) is 0 Å². The third-order valence-corrected chi connectivity index (χ3v) is 6.75. The number of fused-ring (bicyclic) bond motifs is 2. The van der Waals surface area contributed by atoms with Gasteiger partial charge in [-0.05, 0) is 37.3 Å². The molecule has 11 heteroatoms. The number of nitro benzene ring substituents is 1. The molecule has 0 saturated heterocycles. The number of aromatic nitrogens is 1. The first-order valence-corrected chi connectivity index (χ1v) is 11.1. The highest BCUT2D eigenvalue weighted by Gasteiger charge is 2.16. The SMILES string of the molecule is CCOC(=O)Cn1c(=NC(=O)c2cc3cc([N+](=O)[O-])ccc3s2)sc2cc(OC)ccc21. The van der Waals surface area contributed by atoms with Crippen LogP contribution in [0.25, 0.3) is 20.3 Å². The lowest BCUT2D eigenvalue weighted by Gasteiger charge is -2.05. The molecule has 0 aliphatic rings. The van der Waals surface area contributed by atoms with Crippen LogP contribution in [0.4, 0.5) is 5.69 Å². The van der Waals surface area contributed by atoms with Crippen molar-refractivity contribution in [2.24, 2.45) is 4.99 Å². The highest BCUT2D eigenvalue weighted by molar-refractivity contribution is 7.21. The fraction of sp³-hybridized carbons (Fsp3) is 0.190. The number of carbonyl (C=O) groups excluding carboxylic acids is 2. The summed E-state index contributed by atoms with van der Waals surface area (Å²) in [6.45, 7) is 1.87. The number of benzene rings is 2. The van der Waals surface area contributed by atoms with E-state index in [9.17, 15) is 19.7 Å². The molecule has 4 aromatic rings. The Balaban J connectivity index is 1.79. The van der Waals surface area contributed by atoms with E-state index in [1.165, 1.54) is 34.8 Å². The molecule has 0 bridgehead atoms. The molecule has 4 rings (SSSR count). The molecule has 2 heterocycles. The fourth-order valence-electron chi connectivity index (χ4n) is 3.15. The molecule has 0 unspecified atom stereocenters. The van der Waals surface area contributed by atoms with Crippen LogP contribution in [0.15, 0.2) is 47.5 Å². The number of nitro groups is 1. The highest BCUT2D eigenvalue weighted by Crippen LogP contribution is 2.29. The van der Waals surface area contributed by atoms with E-state index < -0.39 is 16.8 Å². The van der Waals surface area contributed by atoms with Gasteiger partial charge in [0, 0.05) is 22.2 Å². The monoisotopic (exact) mass is 471 g/mol. The molecule has 0 saturated carbocycles. The van der Waals surface area contributed by atoms with E-state index in [1.807, 2.05) is 6.07 Å². The molecule has 164 valence electrons. The smallest absolute Gasteiger partial charge is 0.326 e. The van der Waals surface area contributed by atoms with Crippen LogP contribution in [0.5, 0.6) is 5.75 Å². The van der Waals surface area contributed by atoms with Gasteiger partial charge in [-0.2, -0.15) is 4.99 Å². The van der Waals surface area contributed by atoms with E-state index in [2.05, 4.69) is 4.99 Å². The zero-order valence-electron chi connectivity index (χ0n) is 17.1. The van der Waals surface area contributed by atoms with E-state index in [-0.39, 0.29) is 18.8 Å². The number of esters is 1. The molecular formula is C21H17N3O6S2. The van der Waals surface area contributed by atoms with E-state index in [1.54, 1.807) is 42.9 Å². The van der Waals surface area contributed by atoms with Crippen molar-refractivity contribution in [3.8, 4) is 5.75 Å². The molecule has 32 heavy (non-hydrogen) atoms. The summed E-state index contributed by atoms with van der Waals surface area (Å²) in [5.74, 6) is -0.290. The minimum atomic E-state index is -0.495. The summed E-state index contributed by atoms with van der Waals surface area (Å²) in [6, 6.07) is 11.4. The van der Waals surface area contributed by atoms with Gasteiger partial charge in [0.05, 0.1) is 33.7 Å². The lowest BCUT2D eigenvalue weighted by molar-refractivity contribution is -0.384. The fourth-order valence-corrected chi connectivity index (χ4v) is 5.13. The number of ether oxygens (including phenoxy) is 2. The summed E-state index contributed by atoms with van der Waals surface area (Å²) in [5.41, 5.74) is 0.680. The first-order valence-electron chi connectivity index (χ1n) is 9.49. The number of thiazole rings is 1. The molecule has 9 nitrogen and oxygen atoms in total. The van der Waals surface area contributed by atoms with Crippen LogP contribution in [0.3, 0.4) is 0 Å². The first-order chi connectivity index (χ1) is 15.4. The number of amides is 1. The Morgan fingerprint density at radius 1 is 1.12 bits per heavy atom. The van der Waals surface area contributed by atoms with E-state index in [4.69, 9.17) is 9.47 Å². The standard InChI is InChI=1S/C21H17N3O6S2/c1-3-30-19(25)11-23-15-6-5-14(29-2)10-17(15)32-21(23)22-20(26)18-9-12-8-13(24(27)28)4-7-16(12)31-18/h4-10H,3,11H2,1-2H3. The Hall–Kier alpha value is -3.57. The van der Waals surface area contributed by atoms with Gasteiger partial charge in [0.25, 0.3) is 11.6 Å². The van der Waals surface area contributed by atoms with Crippen LogP contribution >= 0.6 is 22.7 Å². The summed E-state index contributed by atoms with van der Waals surface area (Å²) in [7, 11) is 1.56. The van der Waals surface area contributed by atoms with E-state index in [0.717, 1.165) is 14.9 Å². The van der Waals surface area contributed by atoms with Gasteiger partial charge in [0.15, 0.2) is 4.80 Å². The van der Waals surface area contributed by atoms with Gasteiger partial charge in [0.1, 0.15) is 12.3 Å². The zero-order chi connectivity index (χ0) is 22.8. The van der Waals surface area contributed by atoms with E-state index in [0.29, 0.717) is 20.8 Å². The third kappa shape index (κ3) is 4.25.